The summed E-state index contributed by atoms with van der Waals surface area (Å²) in [5.41, 5.74) is 8.79. The van der Waals surface area contributed by atoms with Gasteiger partial charge in [-0.3, -0.25) is 14.7 Å². The van der Waals surface area contributed by atoms with Crippen molar-refractivity contribution in [2.75, 3.05) is 30.0 Å². The summed E-state index contributed by atoms with van der Waals surface area (Å²) in [6.45, 7) is 2.89. The maximum atomic E-state index is 10.7. The molecule has 5 nitrogen and oxygen atoms in total. The Morgan fingerprint density at radius 2 is 2.14 bits per heavy atom. The lowest BCUT2D eigenvalue weighted by molar-refractivity contribution is -0.137. The first-order valence-corrected chi connectivity index (χ1v) is 8.14. The van der Waals surface area contributed by atoms with E-state index in [1.807, 2.05) is 25.1 Å². The summed E-state index contributed by atoms with van der Waals surface area (Å²) in [6, 6.07) is 5.43. The second-order valence-electron chi connectivity index (χ2n) is 4.99. The topological polar surface area (TPSA) is 75.8 Å². The predicted molar refractivity (Wildman–Crippen MR) is 89.8 cm³/mol. The van der Waals surface area contributed by atoms with Crippen molar-refractivity contribution >= 4 is 34.9 Å². The molecule has 1 aromatic rings. The number of halogens is 2. The highest BCUT2D eigenvalue weighted by Gasteiger charge is 2.13. The molecule has 3 N–H and O–H groups in total. The Morgan fingerprint density at radius 3 is 2.73 bits per heavy atom. The number of aryl methyl sites for hydroxylation is 1. The fourth-order valence-electron chi connectivity index (χ4n) is 2.10. The number of alkyl halides is 2. The summed E-state index contributed by atoms with van der Waals surface area (Å²) >= 11 is 11.4. The van der Waals surface area contributed by atoms with Crippen molar-refractivity contribution in [3.63, 3.8) is 0 Å². The Hall–Kier alpha value is -1.01. The first-order chi connectivity index (χ1) is 10.5. The Balaban J connectivity index is 2.88. The molecule has 0 spiro atoms. The zero-order chi connectivity index (χ0) is 16.5. The number of hydrogen-bond acceptors (Lipinski definition) is 4. The SMILES string of the molecule is Cc1ccc(N(CCCl)OCCCl)cc1C[C@H](N)CC(=O)O. The normalized spacial score (nSPS) is 12.2. The van der Waals surface area contributed by atoms with E-state index in [1.54, 1.807) is 5.06 Å². The first kappa shape index (κ1) is 19.0. The monoisotopic (exact) mass is 348 g/mol. The van der Waals surface area contributed by atoms with Crippen LogP contribution in [0, 0.1) is 6.92 Å². The van der Waals surface area contributed by atoms with Crippen molar-refractivity contribution in [2.45, 2.75) is 25.8 Å². The Labute approximate surface area is 140 Å². The van der Waals surface area contributed by atoms with Crippen molar-refractivity contribution in [1.29, 1.82) is 0 Å². The lowest BCUT2D eigenvalue weighted by Crippen LogP contribution is -2.28. The number of hydrogen-bond donors (Lipinski definition) is 2. The van der Waals surface area contributed by atoms with Gasteiger partial charge in [0.15, 0.2) is 0 Å². The molecule has 124 valence electrons. The molecule has 1 atom stereocenters. The largest absolute Gasteiger partial charge is 0.481 e. The number of nitrogens with zero attached hydrogens (tertiary/aromatic N) is 1. The highest BCUT2D eigenvalue weighted by Crippen LogP contribution is 2.21. The van der Waals surface area contributed by atoms with Crippen molar-refractivity contribution in [2.24, 2.45) is 5.73 Å². The van der Waals surface area contributed by atoms with Crippen LogP contribution in [0.4, 0.5) is 5.69 Å². The van der Waals surface area contributed by atoms with Crippen LogP contribution in [0.25, 0.3) is 0 Å². The van der Waals surface area contributed by atoms with E-state index in [0.717, 1.165) is 16.8 Å². The zero-order valence-corrected chi connectivity index (χ0v) is 14.1. The Bertz CT molecular complexity index is 486. The third-order valence-corrected chi connectivity index (χ3v) is 3.47. The molecular formula is C15H22Cl2N2O3. The number of carbonyl (C=O) groups is 1. The minimum atomic E-state index is -0.893. The van der Waals surface area contributed by atoms with E-state index in [1.165, 1.54) is 0 Å². The van der Waals surface area contributed by atoms with E-state index < -0.39 is 12.0 Å². The number of carboxylic acids is 1. The van der Waals surface area contributed by atoms with Crippen LogP contribution < -0.4 is 10.8 Å². The first-order valence-electron chi connectivity index (χ1n) is 7.07. The fraction of sp³-hybridized carbons (Fsp3) is 0.533. The molecule has 0 unspecified atom stereocenters. The molecule has 0 bridgehead atoms. The molecule has 7 heteroatoms. The lowest BCUT2D eigenvalue weighted by atomic mass is 9.99. The van der Waals surface area contributed by atoms with Gasteiger partial charge in [-0.1, -0.05) is 6.07 Å². The predicted octanol–water partition coefficient (Wildman–Crippen LogP) is 2.56. The second kappa shape index (κ2) is 9.90. The average molecular weight is 349 g/mol. The van der Waals surface area contributed by atoms with Crippen LogP contribution >= 0.6 is 23.2 Å². The van der Waals surface area contributed by atoms with E-state index in [0.29, 0.717) is 31.3 Å². The van der Waals surface area contributed by atoms with Crippen LogP contribution in [-0.2, 0) is 16.1 Å². The number of benzene rings is 1. The molecule has 0 radical (unpaired) electrons. The fourth-order valence-corrected chi connectivity index (χ4v) is 2.32. The molecule has 0 aliphatic carbocycles. The maximum absolute atomic E-state index is 10.7. The van der Waals surface area contributed by atoms with E-state index in [4.69, 9.17) is 38.9 Å². The highest BCUT2D eigenvalue weighted by atomic mass is 35.5. The number of nitrogens with two attached hydrogens (primary N) is 1. The van der Waals surface area contributed by atoms with Crippen LogP contribution in [-0.4, -0.2) is 42.0 Å². The van der Waals surface area contributed by atoms with Gasteiger partial charge in [0, 0.05) is 17.8 Å². The lowest BCUT2D eigenvalue weighted by Gasteiger charge is -2.24. The van der Waals surface area contributed by atoms with Gasteiger partial charge in [-0.15, -0.1) is 23.2 Å². The number of rotatable bonds is 10. The van der Waals surface area contributed by atoms with Crippen molar-refractivity contribution in [3.05, 3.63) is 29.3 Å². The molecule has 22 heavy (non-hydrogen) atoms. The summed E-state index contributed by atoms with van der Waals surface area (Å²) < 4.78 is 0. The molecular weight excluding hydrogens is 327 g/mol. The number of hydroxylamine groups is 1. The summed E-state index contributed by atoms with van der Waals surface area (Å²) in [6.07, 6.45) is 0.438. The summed E-state index contributed by atoms with van der Waals surface area (Å²) in [7, 11) is 0. The molecule has 0 aliphatic rings. The standard InChI is InChI=1S/C15H22Cl2N2O3/c1-11-2-3-14(19(6-4-16)22-7-5-17)9-12(11)8-13(18)10-15(20)21/h2-3,9,13H,4-8,10,18H2,1H3,(H,20,21)/t13-/m0/s1. The number of aliphatic carboxylic acids is 1. The van der Waals surface area contributed by atoms with E-state index in [2.05, 4.69) is 0 Å². The average Bonchev–Trinajstić information content (AvgIpc) is 2.45. The second-order valence-corrected chi connectivity index (χ2v) is 5.74. The van der Waals surface area contributed by atoms with Crippen molar-refractivity contribution in [3.8, 4) is 0 Å². The van der Waals surface area contributed by atoms with Crippen LogP contribution in [0.5, 0.6) is 0 Å². The van der Waals surface area contributed by atoms with Gasteiger partial charge in [0.2, 0.25) is 0 Å². The maximum Gasteiger partial charge on any atom is 0.304 e. The number of anilines is 1. The molecule has 0 aromatic heterocycles. The molecule has 0 amide bonds. The summed E-state index contributed by atoms with van der Waals surface area (Å²) in [5.74, 6) is -0.0825. The van der Waals surface area contributed by atoms with E-state index in [-0.39, 0.29) is 6.42 Å². The molecule has 0 saturated carbocycles. The molecule has 1 aromatic carbocycles. The molecule has 0 aliphatic heterocycles. The third-order valence-electron chi connectivity index (χ3n) is 3.15. The van der Waals surface area contributed by atoms with Gasteiger partial charge in [-0.2, -0.15) is 0 Å². The Morgan fingerprint density at radius 1 is 1.41 bits per heavy atom. The van der Waals surface area contributed by atoms with Gasteiger partial charge < -0.3 is 10.8 Å². The van der Waals surface area contributed by atoms with Gasteiger partial charge in [-0.05, 0) is 36.6 Å². The summed E-state index contributed by atoms with van der Waals surface area (Å²) in [5, 5.41) is 10.5. The third kappa shape index (κ3) is 6.40. The van der Waals surface area contributed by atoms with Gasteiger partial charge in [0.05, 0.1) is 25.3 Å². The minimum Gasteiger partial charge on any atom is -0.481 e. The van der Waals surface area contributed by atoms with E-state index in [9.17, 15) is 4.79 Å². The molecule has 0 fully saturated rings. The molecule has 0 saturated heterocycles. The zero-order valence-electron chi connectivity index (χ0n) is 12.6. The summed E-state index contributed by atoms with van der Waals surface area (Å²) in [4.78, 5) is 16.3. The van der Waals surface area contributed by atoms with E-state index >= 15 is 0 Å². The number of carboxylic acid groups (broad SMARTS) is 1. The van der Waals surface area contributed by atoms with Gasteiger partial charge in [-0.25, -0.2) is 0 Å². The van der Waals surface area contributed by atoms with Gasteiger partial charge >= 0.3 is 5.97 Å². The Kier molecular flexibility index (Phi) is 8.56. The van der Waals surface area contributed by atoms with Crippen molar-refractivity contribution < 1.29 is 14.7 Å². The molecule has 0 heterocycles. The highest BCUT2D eigenvalue weighted by molar-refractivity contribution is 6.18. The van der Waals surface area contributed by atoms with Crippen LogP contribution in [0.3, 0.4) is 0 Å². The van der Waals surface area contributed by atoms with Crippen molar-refractivity contribution in [1.82, 2.24) is 0 Å². The van der Waals surface area contributed by atoms with Gasteiger partial charge in [0.1, 0.15) is 0 Å². The minimum absolute atomic E-state index is 0.0577. The van der Waals surface area contributed by atoms with Crippen LogP contribution in [0.2, 0.25) is 0 Å². The van der Waals surface area contributed by atoms with Crippen LogP contribution in [0.15, 0.2) is 18.2 Å². The molecule has 1 rings (SSSR count). The quantitative estimate of drug-likeness (QED) is 0.502. The van der Waals surface area contributed by atoms with Gasteiger partial charge in [0.25, 0.3) is 0 Å². The van der Waals surface area contributed by atoms with Crippen LogP contribution in [0.1, 0.15) is 17.5 Å². The smallest absolute Gasteiger partial charge is 0.304 e.